The molecule has 3 aromatic carbocycles. The molecule has 0 amide bonds. The highest BCUT2D eigenvalue weighted by Crippen LogP contribution is 2.41. The van der Waals surface area contributed by atoms with E-state index in [2.05, 4.69) is 0 Å². The Morgan fingerprint density at radius 2 is 1.95 bits per heavy atom. The molecule has 0 saturated heterocycles. The number of thiazole rings is 1. The largest absolute Gasteiger partial charge is 0.496 e. The molecule has 0 radical (unpaired) electrons. The number of benzene rings is 3. The maximum atomic E-state index is 14.2. The normalized spacial score (nSPS) is 16.1. The van der Waals surface area contributed by atoms with Crippen LogP contribution in [0.15, 0.2) is 69.6 Å². The first kappa shape index (κ1) is 27.1. The van der Waals surface area contributed by atoms with E-state index >= 15 is 0 Å². The van der Waals surface area contributed by atoms with Gasteiger partial charge in [0.05, 0.1) is 34.5 Å². The zero-order chi connectivity index (χ0) is 28.7. The first-order chi connectivity index (χ1) is 19.9. The molecule has 1 unspecified atom stereocenters. The molecular weight excluding hydrogens is 564 g/mol. The number of halogens is 1. The van der Waals surface area contributed by atoms with Crippen molar-refractivity contribution >= 4 is 45.8 Å². The zero-order valence-electron chi connectivity index (χ0n) is 22.7. The van der Waals surface area contributed by atoms with Gasteiger partial charge in [-0.05, 0) is 47.9 Å². The summed E-state index contributed by atoms with van der Waals surface area (Å²) in [6.07, 6.45) is 3.01. The van der Waals surface area contributed by atoms with Crippen LogP contribution in [0, 0.1) is 0 Å². The predicted molar refractivity (Wildman–Crippen MR) is 158 cm³/mol. The number of nitrogens with zero attached hydrogens (tertiary/aromatic N) is 2. The summed E-state index contributed by atoms with van der Waals surface area (Å²) >= 11 is 7.79. The summed E-state index contributed by atoms with van der Waals surface area (Å²) in [5, 5.41) is 2.24. The Morgan fingerprint density at radius 3 is 2.71 bits per heavy atom. The summed E-state index contributed by atoms with van der Waals surface area (Å²) in [6.45, 7) is 4.08. The third-order valence-corrected chi connectivity index (χ3v) is 8.40. The Labute approximate surface area is 244 Å². The van der Waals surface area contributed by atoms with Crippen LogP contribution in [-0.2, 0) is 9.53 Å². The fourth-order valence-corrected chi connectivity index (χ4v) is 6.53. The summed E-state index contributed by atoms with van der Waals surface area (Å²) < 4.78 is 24.3. The molecule has 0 fully saturated rings. The maximum Gasteiger partial charge on any atom is 0.338 e. The van der Waals surface area contributed by atoms with Gasteiger partial charge >= 0.3 is 5.97 Å². The molecule has 0 saturated carbocycles. The average Bonchev–Trinajstić information content (AvgIpc) is 3.55. The van der Waals surface area contributed by atoms with Crippen molar-refractivity contribution < 1.29 is 23.7 Å². The second kappa shape index (κ2) is 11.1. The Balaban J connectivity index is 1.67. The molecule has 10 heteroatoms. The Morgan fingerprint density at radius 1 is 1.17 bits per heavy atom. The van der Waals surface area contributed by atoms with Crippen molar-refractivity contribution in [2.24, 2.45) is 4.99 Å². The predicted octanol–water partition coefficient (Wildman–Crippen LogP) is 5.12. The number of esters is 1. The first-order valence-corrected chi connectivity index (χ1v) is 14.5. The van der Waals surface area contributed by atoms with Crippen molar-refractivity contribution in [3.8, 4) is 17.2 Å². The molecular formula is C31H27ClN2O6S. The Bertz CT molecular complexity index is 1910. The van der Waals surface area contributed by atoms with Gasteiger partial charge in [0, 0.05) is 11.6 Å². The topological polar surface area (TPSA) is 88.4 Å². The van der Waals surface area contributed by atoms with Crippen LogP contribution in [0.4, 0.5) is 0 Å². The summed E-state index contributed by atoms with van der Waals surface area (Å²) in [4.78, 5) is 33.2. The molecule has 0 aliphatic carbocycles. The summed E-state index contributed by atoms with van der Waals surface area (Å²) in [5.74, 6) is 1.16. The van der Waals surface area contributed by atoms with E-state index in [1.807, 2.05) is 43.3 Å². The van der Waals surface area contributed by atoms with Crippen LogP contribution in [0.2, 0.25) is 5.02 Å². The number of methoxy groups -OCH3 is 1. The van der Waals surface area contributed by atoms with Crippen LogP contribution in [-0.4, -0.2) is 31.0 Å². The number of allylic oxidation sites excluding steroid dienone is 1. The molecule has 0 bridgehead atoms. The van der Waals surface area contributed by atoms with Crippen LogP contribution in [0.25, 0.3) is 16.8 Å². The molecule has 8 nitrogen and oxygen atoms in total. The first-order valence-electron chi connectivity index (χ1n) is 13.3. The van der Waals surface area contributed by atoms with E-state index in [1.165, 1.54) is 11.3 Å². The number of hydrogen-bond acceptors (Lipinski definition) is 8. The van der Waals surface area contributed by atoms with Crippen LogP contribution >= 0.6 is 22.9 Å². The highest BCUT2D eigenvalue weighted by Gasteiger charge is 2.37. The number of carbonyl (C=O) groups is 1. The van der Waals surface area contributed by atoms with E-state index in [1.54, 1.807) is 36.8 Å². The van der Waals surface area contributed by atoms with Gasteiger partial charge in [-0.25, -0.2) is 9.79 Å². The Kier molecular flexibility index (Phi) is 7.32. The van der Waals surface area contributed by atoms with E-state index in [4.69, 9.17) is 35.5 Å². The van der Waals surface area contributed by atoms with Gasteiger partial charge in [0.1, 0.15) is 11.8 Å². The monoisotopic (exact) mass is 590 g/mol. The van der Waals surface area contributed by atoms with Crippen LogP contribution < -0.4 is 29.1 Å². The molecule has 2 aliphatic rings. The van der Waals surface area contributed by atoms with Crippen molar-refractivity contribution in [2.45, 2.75) is 32.7 Å². The number of fused-ring (bicyclic) bond motifs is 3. The van der Waals surface area contributed by atoms with E-state index in [-0.39, 0.29) is 19.0 Å². The van der Waals surface area contributed by atoms with Gasteiger partial charge in [-0.1, -0.05) is 66.6 Å². The highest BCUT2D eigenvalue weighted by atomic mass is 35.5. The zero-order valence-corrected chi connectivity index (χ0v) is 24.3. The van der Waals surface area contributed by atoms with Crippen molar-refractivity contribution in [1.82, 2.24) is 4.57 Å². The SMILES string of the molecule is CCCC1=C(C(=O)OCC)C(c2c(OC)ccc3ccccc23)n2c(s/c(=C/c3cc4c(cc3Cl)OCO4)c2=O)=N1. The van der Waals surface area contributed by atoms with Gasteiger partial charge in [-0.3, -0.25) is 9.36 Å². The average molecular weight is 591 g/mol. The molecule has 1 atom stereocenters. The number of aromatic nitrogens is 1. The number of ether oxygens (including phenoxy) is 4. The third-order valence-electron chi connectivity index (χ3n) is 7.09. The molecule has 41 heavy (non-hydrogen) atoms. The van der Waals surface area contributed by atoms with Crippen LogP contribution in [0.3, 0.4) is 0 Å². The van der Waals surface area contributed by atoms with Gasteiger partial charge < -0.3 is 18.9 Å². The minimum Gasteiger partial charge on any atom is -0.496 e. The van der Waals surface area contributed by atoms with Crippen molar-refractivity contribution in [1.29, 1.82) is 0 Å². The van der Waals surface area contributed by atoms with E-state index in [9.17, 15) is 9.59 Å². The lowest BCUT2D eigenvalue weighted by Gasteiger charge is -2.28. The van der Waals surface area contributed by atoms with Crippen LogP contribution in [0.1, 0.15) is 43.9 Å². The smallest absolute Gasteiger partial charge is 0.338 e. The van der Waals surface area contributed by atoms with Gasteiger partial charge in [-0.2, -0.15) is 0 Å². The van der Waals surface area contributed by atoms with E-state index < -0.39 is 12.0 Å². The lowest BCUT2D eigenvalue weighted by Crippen LogP contribution is -2.40. The minimum atomic E-state index is -0.817. The quantitative estimate of drug-likeness (QED) is 0.278. The molecule has 0 N–H and O–H groups in total. The second-order valence-corrected chi connectivity index (χ2v) is 11.0. The molecule has 4 aromatic rings. The third kappa shape index (κ3) is 4.69. The lowest BCUT2D eigenvalue weighted by molar-refractivity contribution is -0.139. The maximum absolute atomic E-state index is 14.2. The molecule has 6 rings (SSSR count). The summed E-state index contributed by atoms with van der Waals surface area (Å²) in [5.41, 5.74) is 1.94. The Hall–Kier alpha value is -4.08. The van der Waals surface area contributed by atoms with Gasteiger partial charge in [0.2, 0.25) is 6.79 Å². The minimum absolute atomic E-state index is 0.112. The number of rotatable bonds is 7. The molecule has 0 spiro atoms. The van der Waals surface area contributed by atoms with Crippen molar-refractivity contribution in [3.63, 3.8) is 0 Å². The summed E-state index contributed by atoms with van der Waals surface area (Å²) in [7, 11) is 1.58. The fraction of sp³-hybridized carbons (Fsp3) is 0.258. The van der Waals surface area contributed by atoms with Gasteiger partial charge in [-0.15, -0.1) is 0 Å². The molecule has 1 aromatic heterocycles. The number of hydrogen-bond donors (Lipinski definition) is 0. The van der Waals surface area contributed by atoms with Gasteiger partial charge in [0.25, 0.3) is 5.56 Å². The standard InChI is InChI=1S/C31H27ClN2O6S/c1-4-8-21-27(30(36)38-5-2)28(26-19-10-7-6-9-17(19)11-12-22(26)37-3)34-29(35)25(41-31(34)33-21)14-18-13-23-24(15-20(18)32)40-16-39-23/h6-7,9-15,28H,4-5,8,16H2,1-3H3/b25-14+. The van der Waals surface area contributed by atoms with Crippen molar-refractivity contribution in [2.75, 3.05) is 20.5 Å². The fourth-order valence-electron chi connectivity index (χ4n) is 5.31. The lowest BCUT2D eigenvalue weighted by atomic mass is 9.90. The van der Waals surface area contributed by atoms with E-state index in [0.717, 1.165) is 17.2 Å². The van der Waals surface area contributed by atoms with E-state index in [0.29, 0.717) is 60.4 Å². The van der Waals surface area contributed by atoms with Crippen molar-refractivity contribution in [3.05, 3.63) is 95.6 Å². The van der Waals surface area contributed by atoms with Crippen LogP contribution in [0.5, 0.6) is 17.2 Å². The summed E-state index contributed by atoms with van der Waals surface area (Å²) in [6, 6.07) is 14.3. The number of carbonyl (C=O) groups excluding carboxylic acids is 1. The molecule has 2 aliphatic heterocycles. The molecule has 3 heterocycles. The highest BCUT2D eigenvalue weighted by molar-refractivity contribution is 7.07. The van der Waals surface area contributed by atoms with Gasteiger partial charge in [0.15, 0.2) is 16.3 Å². The molecule has 210 valence electrons. The second-order valence-electron chi connectivity index (χ2n) is 9.54.